The lowest BCUT2D eigenvalue weighted by molar-refractivity contribution is -0.122. The molecule has 5 fully saturated rings. The van der Waals surface area contributed by atoms with E-state index in [1.54, 1.807) is 85.8 Å². The number of aryl methyl sites for hydroxylation is 3. The SMILES string of the molecule is C.CCN1C(=O)/C(=C/c2cc(-c3ccco3)on2)SC1=S.CCN1C(=O)/C(=C/c2csc(C3CCCCC3)n2)SC1=S.CCN1C(=O)/C(=C/c2nc(C)oc2C)SC1=S.CCN1C(=O)/C(=C/c2sc(C)nc2-c2ccccc2)SC1=S. The number of likely N-dealkylation sites (N-methyl/N-ethyl adjacent to an activating group) is 4. The van der Waals surface area contributed by atoms with Crippen LogP contribution in [0.3, 0.4) is 0 Å². The maximum atomic E-state index is 12.3. The number of thiazole rings is 2. The smallest absolute Gasteiger partial charge is 0.266 e. The second kappa shape index (κ2) is 29.3. The van der Waals surface area contributed by atoms with E-state index in [1.807, 2.05) is 84.0 Å². The molecule has 15 nitrogen and oxygen atoms in total. The number of benzene rings is 1. The monoisotopic (exact) mass is 1270 g/mol. The van der Waals surface area contributed by atoms with Crippen molar-refractivity contribution in [2.24, 2.45) is 0 Å². The van der Waals surface area contributed by atoms with Crippen molar-refractivity contribution in [3.05, 3.63) is 123 Å². The molecule has 6 aromatic rings. The van der Waals surface area contributed by atoms with Gasteiger partial charge in [0, 0.05) is 56.0 Å². The lowest BCUT2D eigenvalue weighted by Crippen LogP contribution is -2.27. The van der Waals surface area contributed by atoms with Crippen molar-refractivity contribution in [1.29, 1.82) is 0 Å². The van der Waals surface area contributed by atoms with E-state index in [0.717, 1.165) is 26.8 Å². The van der Waals surface area contributed by atoms with Gasteiger partial charge < -0.3 is 13.4 Å². The van der Waals surface area contributed by atoms with Gasteiger partial charge >= 0.3 is 0 Å². The zero-order chi connectivity index (χ0) is 57.2. The molecule has 81 heavy (non-hydrogen) atoms. The minimum absolute atomic E-state index is 0. The molecule has 25 heteroatoms. The molecule has 424 valence electrons. The van der Waals surface area contributed by atoms with Crippen molar-refractivity contribution >= 4 is 184 Å². The Morgan fingerprint density at radius 3 is 1.62 bits per heavy atom. The second-order valence-corrected chi connectivity index (χ2v) is 26.6. The summed E-state index contributed by atoms with van der Waals surface area (Å²) in [5.74, 6) is 2.90. The quantitative estimate of drug-likeness (QED) is 0.0885. The first kappa shape index (κ1) is 63.4. The summed E-state index contributed by atoms with van der Waals surface area (Å²) in [5.41, 5.74) is 4.14. The molecule has 1 aliphatic carbocycles. The number of thiocarbonyl (C=S) groups is 4. The van der Waals surface area contributed by atoms with E-state index in [0.29, 0.717) is 104 Å². The molecule has 11 rings (SSSR count). The van der Waals surface area contributed by atoms with Crippen molar-refractivity contribution in [3.63, 3.8) is 0 Å². The topological polar surface area (TPSA) is 172 Å². The Morgan fingerprint density at radius 2 is 1.14 bits per heavy atom. The lowest BCUT2D eigenvalue weighted by atomic mass is 9.90. The Kier molecular flexibility index (Phi) is 23.0. The number of oxazole rings is 1. The van der Waals surface area contributed by atoms with Crippen LogP contribution in [-0.4, -0.2) is 107 Å². The number of aromatic nitrogens is 4. The van der Waals surface area contributed by atoms with Crippen LogP contribution < -0.4 is 0 Å². The van der Waals surface area contributed by atoms with Gasteiger partial charge in [0.05, 0.1) is 52.2 Å². The lowest BCUT2D eigenvalue weighted by Gasteiger charge is -2.18. The van der Waals surface area contributed by atoms with Gasteiger partial charge in [-0.1, -0.05) is 158 Å². The Bertz CT molecular complexity index is 3460. The van der Waals surface area contributed by atoms with E-state index in [4.69, 9.17) is 67.2 Å². The highest BCUT2D eigenvalue weighted by Crippen LogP contribution is 2.39. The third kappa shape index (κ3) is 15.5. The molecule has 0 atom stereocenters. The van der Waals surface area contributed by atoms with Gasteiger partial charge in [0.15, 0.2) is 11.7 Å². The van der Waals surface area contributed by atoms with Crippen LogP contribution in [0.25, 0.3) is 47.1 Å². The molecule has 5 aliphatic rings. The molecular weight excluding hydrogens is 1220 g/mol. The predicted molar refractivity (Wildman–Crippen MR) is 349 cm³/mol. The van der Waals surface area contributed by atoms with Gasteiger partial charge in [0.2, 0.25) is 5.76 Å². The van der Waals surface area contributed by atoms with E-state index in [2.05, 4.69) is 20.5 Å². The van der Waals surface area contributed by atoms with Crippen LogP contribution in [0.1, 0.15) is 117 Å². The fourth-order valence-corrected chi connectivity index (χ4v) is 15.8. The predicted octanol–water partition coefficient (Wildman–Crippen LogP) is 15.1. The molecule has 4 amide bonds. The number of amides is 4. The van der Waals surface area contributed by atoms with Gasteiger partial charge in [-0.2, -0.15) is 0 Å². The average Bonchev–Trinajstić information content (AvgIpc) is 4.53. The molecule has 1 aromatic carbocycles. The molecule has 0 radical (unpaired) electrons. The first-order valence-electron chi connectivity index (χ1n) is 25.4. The Balaban J connectivity index is 0.000000156. The van der Waals surface area contributed by atoms with Crippen LogP contribution in [0.2, 0.25) is 0 Å². The highest BCUT2D eigenvalue weighted by molar-refractivity contribution is 8.28. The number of hydrogen-bond donors (Lipinski definition) is 0. The van der Waals surface area contributed by atoms with Crippen LogP contribution >= 0.6 is 119 Å². The molecule has 4 saturated heterocycles. The molecule has 0 bridgehead atoms. The number of thioether (sulfide) groups is 4. The van der Waals surface area contributed by atoms with Crippen LogP contribution in [-0.2, 0) is 19.2 Å². The summed E-state index contributed by atoms with van der Waals surface area (Å²) in [6.07, 6.45) is 15.3. The fourth-order valence-electron chi connectivity index (χ4n) is 8.42. The van der Waals surface area contributed by atoms with Gasteiger partial charge in [0.1, 0.15) is 34.4 Å². The van der Waals surface area contributed by atoms with Gasteiger partial charge in [-0.25, -0.2) is 15.0 Å². The minimum atomic E-state index is -0.0925. The average molecular weight is 1280 g/mol. The number of furan rings is 1. The van der Waals surface area contributed by atoms with E-state index in [1.165, 1.54) is 84.2 Å². The highest BCUT2D eigenvalue weighted by atomic mass is 32.2. The normalized spacial score (nSPS) is 18.6. The summed E-state index contributed by atoms with van der Waals surface area (Å²) in [4.78, 5) is 72.0. The first-order chi connectivity index (χ1) is 38.5. The molecule has 9 heterocycles. The van der Waals surface area contributed by atoms with Crippen molar-refractivity contribution in [1.82, 2.24) is 39.7 Å². The van der Waals surface area contributed by atoms with Crippen molar-refractivity contribution < 1.29 is 32.5 Å². The molecule has 0 N–H and O–H groups in total. The standard InChI is InChI=1S/C16H14N2OS3.C15H18N2OS3.C13H10N2O3S2.C11H12N2O2S2.CH4/c1-3-18-15(19)13(22-16(18)20)9-12-14(17-10(2)21-12)11-7-5-4-6-8-11;1-2-17-14(18)12(21-15(17)19)8-11-9-20-13(16-11)10-6-4-3-5-7-10;1-2-15-12(16)11(20-13(15)19)7-8-6-10(18-14-8)9-4-3-5-17-9;1-4-13-10(14)9(17-11(13)16)5-8-6(2)15-7(3)12-8;/h4-9H,3H2,1-2H3;8-10H,2-7H2,1H3;3-7H,2H2,1H3;5H,4H2,1-3H3;1H4/b13-9-;12-8-;11-7-;9-5-;. The summed E-state index contributed by atoms with van der Waals surface area (Å²) >= 11 is 29.4. The maximum absolute atomic E-state index is 12.3. The first-order valence-corrected chi connectivity index (χ1v) is 32.0. The maximum Gasteiger partial charge on any atom is 0.266 e. The van der Waals surface area contributed by atoms with E-state index < -0.39 is 0 Å². The minimum Gasteiger partial charge on any atom is -0.461 e. The van der Waals surface area contributed by atoms with Gasteiger partial charge in [-0.15, -0.1) is 22.7 Å². The summed E-state index contributed by atoms with van der Waals surface area (Å²) in [7, 11) is 0. The molecule has 1 saturated carbocycles. The van der Waals surface area contributed by atoms with Gasteiger partial charge in [-0.3, -0.25) is 38.8 Å². The van der Waals surface area contributed by atoms with Crippen LogP contribution in [0.5, 0.6) is 0 Å². The summed E-state index contributed by atoms with van der Waals surface area (Å²) < 4.78 is 18.2. The fraction of sp³-hybridized carbons (Fsp3) is 0.321. The van der Waals surface area contributed by atoms with Gasteiger partial charge in [-0.05, 0) is 90.8 Å². The van der Waals surface area contributed by atoms with E-state index >= 15 is 0 Å². The molecule has 4 aliphatic heterocycles. The Morgan fingerprint density at radius 1 is 0.617 bits per heavy atom. The molecular formula is C56H58N8O7S10. The number of carbonyl (C=O) groups excluding carboxylic acids is 4. The van der Waals surface area contributed by atoms with Crippen LogP contribution in [0.4, 0.5) is 0 Å². The van der Waals surface area contributed by atoms with Crippen molar-refractivity contribution in [2.45, 2.75) is 93.9 Å². The Hall–Kier alpha value is -5.22. The second-order valence-electron chi connectivity index (χ2n) is 17.7. The van der Waals surface area contributed by atoms with E-state index in [9.17, 15) is 19.2 Å². The van der Waals surface area contributed by atoms with Crippen LogP contribution in [0.15, 0.2) is 93.2 Å². The van der Waals surface area contributed by atoms with E-state index in [-0.39, 0.29) is 31.1 Å². The summed E-state index contributed by atoms with van der Waals surface area (Å²) in [6.45, 7) is 15.6. The zero-order valence-corrected chi connectivity index (χ0v) is 52.7. The highest BCUT2D eigenvalue weighted by Gasteiger charge is 2.34. The largest absolute Gasteiger partial charge is 0.461 e. The van der Waals surface area contributed by atoms with Crippen molar-refractivity contribution in [2.75, 3.05) is 26.2 Å². The number of hydrogen-bond acceptors (Lipinski definition) is 21. The Labute approximate surface area is 517 Å². The van der Waals surface area contributed by atoms with Crippen LogP contribution in [0, 0.1) is 20.8 Å². The number of carbonyl (C=O) groups is 4. The number of rotatable bonds is 11. The molecule has 0 spiro atoms. The molecule has 0 unspecified atom stereocenters. The van der Waals surface area contributed by atoms with Gasteiger partial charge in [0.25, 0.3) is 23.6 Å². The third-order valence-electron chi connectivity index (χ3n) is 12.4. The number of nitrogens with zero attached hydrogens (tertiary/aromatic N) is 8. The summed E-state index contributed by atoms with van der Waals surface area (Å²) in [6, 6.07) is 15.3. The zero-order valence-electron chi connectivity index (χ0n) is 44.5. The summed E-state index contributed by atoms with van der Waals surface area (Å²) in [5, 5.41) is 8.18. The van der Waals surface area contributed by atoms with Crippen molar-refractivity contribution in [3.8, 4) is 22.8 Å². The molecule has 5 aromatic heterocycles. The third-order valence-corrected chi connectivity index (χ3v) is 19.8.